The fraction of sp³-hybridized carbons (Fsp3) is 0.278. The molecule has 1 aliphatic heterocycles. The number of amides is 2. The number of ether oxygens (including phenoxy) is 1. The first-order chi connectivity index (χ1) is 13.0. The molecule has 0 saturated carbocycles. The SMILES string of the molecule is O=C(COc1cccc(NC(=O)c2ccco2)c1)NC1(C(=O)O)CCSC1. The van der Waals surface area contributed by atoms with Gasteiger partial charge in [0, 0.05) is 17.5 Å². The smallest absolute Gasteiger partial charge is 0.330 e. The second-order valence-corrected chi connectivity index (χ2v) is 7.09. The molecular weight excluding hydrogens is 372 g/mol. The maximum atomic E-state index is 12.1. The second-order valence-electron chi connectivity index (χ2n) is 5.99. The molecule has 3 N–H and O–H groups in total. The Kier molecular flexibility index (Phi) is 5.70. The van der Waals surface area contributed by atoms with E-state index in [4.69, 9.17) is 9.15 Å². The third-order valence-electron chi connectivity index (χ3n) is 4.02. The van der Waals surface area contributed by atoms with Crippen molar-refractivity contribution in [2.75, 3.05) is 23.4 Å². The van der Waals surface area contributed by atoms with Gasteiger partial charge in [0.2, 0.25) is 0 Å². The van der Waals surface area contributed by atoms with Gasteiger partial charge in [-0.05, 0) is 36.4 Å². The van der Waals surface area contributed by atoms with Gasteiger partial charge in [-0.2, -0.15) is 11.8 Å². The highest BCUT2D eigenvalue weighted by molar-refractivity contribution is 7.99. The fourth-order valence-corrected chi connectivity index (χ4v) is 3.93. The van der Waals surface area contributed by atoms with Crippen molar-refractivity contribution in [2.45, 2.75) is 12.0 Å². The molecular formula is C18H18N2O6S. The van der Waals surface area contributed by atoms with Crippen LogP contribution in [0.3, 0.4) is 0 Å². The van der Waals surface area contributed by atoms with Crippen molar-refractivity contribution in [2.24, 2.45) is 0 Å². The van der Waals surface area contributed by atoms with Crippen molar-refractivity contribution < 1.29 is 28.6 Å². The van der Waals surface area contributed by atoms with Crippen LogP contribution in [0, 0.1) is 0 Å². The molecule has 1 unspecified atom stereocenters. The van der Waals surface area contributed by atoms with Crippen molar-refractivity contribution in [1.82, 2.24) is 5.32 Å². The molecule has 1 saturated heterocycles. The topological polar surface area (TPSA) is 118 Å². The number of anilines is 1. The van der Waals surface area contributed by atoms with Crippen molar-refractivity contribution in [3.63, 3.8) is 0 Å². The van der Waals surface area contributed by atoms with E-state index in [1.165, 1.54) is 18.0 Å². The quantitative estimate of drug-likeness (QED) is 0.662. The molecule has 8 nitrogen and oxygen atoms in total. The summed E-state index contributed by atoms with van der Waals surface area (Å²) in [6, 6.07) is 9.68. The van der Waals surface area contributed by atoms with Gasteiger partial charge in [0.1, 0.15) is 11.3 Å². The van der Waals surface area contributed by atoms with Gasteiger partial charge in [0.05, 0.1) is 6.26 Å². The molecule has 142 valence electrons. The lowest BCUT2D eigenvalue weighted by molar-refractivity contribution is -0.146. The van der Waals surface area contributed by atoms with Crippen LogP contribution in [0.5, 0.6) is 5.75 Å². The fourth-order valence-electron chi connectivity index (χ4n) is 2.60. The van der Waals surface area contributed by atoms with Gasteiger partial charge in [-0.1, -0.05) is 6.07 Å². The van der Waals surface area contributed by atoms with Gasteiger partial charge in [-0.3, -0.25) is 9.59 Å². The Balaban J connectivity index is 1.56. The molecule has 27 heavy (non-hydrogen) atoms. The van der Waals surface area contributed by atoms with E-state index in [2.05, 4.69) is 10.6 Å². The predicted octanol–water partition coefficient (Wildman–Crippen LogP) is 1.99. The monoisotopic (exact) mass is 390 g/mol. The molecule has 0 bridgehead atoms. The molecule has 0 spiro atoms. The minimum Gasteiger partial charge on any atom is -0.484 e. The number of aliphatic carboxylic acids is 1. The molecule has 9 heteroatoms. The molecule has 1 aromatic heterocycles. The average molecular weight is 390 g/mol. The molecule has 1 atom stereocenters. The number of carboxylic acid groups (broad SMARTS) is 1. The molecule has 1 aliphatic rings. The molecule has 3 rings (SSSR count). The Morgan fingerprint density at radius 1 is 1.26 bits per heavy atom. The molecule has 0 aliphatic carbocycles. The Morgan fingerprint density at radius 3 is 2.78 bits per heavy atom. The van der Waals surface area contributed by atoms with Gasteiger partial charge in [0.15, 0.2) is 12.4 Å². The second kappa shape index (κ2) is 8.17. The summed E-state index contributed by atoms with van der Waals surface area (Å²) in [5.41, 5.74) is -0.757. The third-order valence-corrected chi connectivity index (χ3v) is 5.21. The molecule has 2 heterocycles. The minimum absolute atomic E-state index is 0.175. The molecule has 1 fully saturated rings. The van der Waals surface area contributed by atoms with E-state index >= 15 is 0 Å². The number of thioether (sulfide) groups is 1. The number of carboxylic acids is 1. The normalized spacial score (nSPS) is 18.7. The molecule has 0 radical (unpaired) electrons. The number of hydrogen-bond donors (Lipinski definition) is 3. The summed E-state index contributed by atoms with van der Waals surface area (Å²) in [4.78, 5) is 35.5. The van der Waals surface area contributed by atoms with E-state index in [9.17, 15) is 19.5 Å². The summed E-state index contributed by atoms with van der Waals surface area (Å²) >= 11 is 1.49. The number of nitrogens with one attached hydrogen (secondary N) is 2. The van der Waals surface area contributed by atoms with Gasteiger partial charge in [0.25, 0.3) is 11.8 Å². The third kappa shape index (κ3) is 4.62. The Labute approximate surface area is 159 Å². The highest BCUT2D eigenvalue weighted by atomic mass is 32.2. The summed E-state index contributed by atoms with van der Waals surface area (Å²) in [5.74, 6) is -0.389. The van der Waals surface area contributed by atoms with Gasteiger partial charge in [-0.15, -0.1) is 0 Å². The first-order valence-electron chi connectivity index (χ1n) is 8.18. The minimum atomic E-state index is -1.23. The summed E-state index contributed by atoms with van der Waals surface area (Å²) in [6.45, 7) is -0.324. The Bertz CT molecular complexity index is 830. The van der Waals surface area contributed by atoms with Crippen molar-refractivity contribution in [3.05, 3.63) is 48.4 Å². The van der Waals surface area contributed by atoms with Gasteiger partial charge < -0.3 is 24.9 Å². The zero-order chi connectivity index (χ0) is 19.3. The van der Waals surface area contributed by atoms with Crippen LogP contribution in [-0.4, -0.2) is 46.5 Å². The van der Waals surface area contributed by atoms with Crippen LogP contribution in [0.4, 0.5) is 5.69 Å². The maximum Gasteiger partial charge on any atom is 0.330 e. The average Bonchev–Trinajstić information content (AvgIpc) is 3.33. The van der Waals surface area contributed by atoms with Crippen LogP contribution < -0.4 is 15.4 Å². The summed E-state index contributed by atoms with van der Waals surface area (Å²) < 4.78 is 10.5. The summed E-state index contributed by atoms with van der Waals surface area (Å²) in [6.07, 6.45) is 1.78. The number of carbonyl (C=O) groups excluding carboxylic acids is 2. The van der Waals surface area contributed by atoms with E-state index in [1.807, 2.05) is 0 Å². The lowest BCUT2D eigenvalue weighted by atomic mass is 9.99. The van der Waals surface area contributed by atoms with E-state index in [-0.39, 0.29) is 12.4 Å². The summed E-state index contributed by atoms with van der Waals surface area (Å²) in [7, 11) is 0. The first kappa shape index (κ1) is 18.8. The highest BCUT2D eigenvalue weighted by Gasteiger charge is 2.43. The lowest BCUT2D eigenvalue weighted by Crippen LogP contribution is -2.55. The maximum absolute atomic E-state index is 12.1. The lowest BCUT2D eigenvalue weighted by Gasteiger charge is -2.24. The number of furan rings is 1. The zero-order valence-corrected chi connectivity index (χ0v) is 15.1. The first-order valence-corrected chi connectivity index (χ1v) is 9.34. The van der Waals surface area contributed by atoms with E-state index < -0.39 is 23.3 Å². The van der Waals surface area contributed by atoms with Crippen molar-refractivity contribution >= 4 is 35.2 Å². The number of benzene rings is 1. The van der Waals surface area contributed by atoms with Crippen molar-refractivity contribution in [1.29, 1.82) is 0 Å². The molecule has 2 aromatic rings. The van der Waals surface area contributed by atoms with Crippen LogP contribution in [0.15, 0.2) is 47.1 Å². The van der Waals surface area contributed by atoms with E-state index in [0.29, 0.717) is 29.4 Å². The number of carbonyl (C=O) groups is 3. The van der Waals surface area contributed by atoms with Gasteiger partial charge in [-0.25, -0.2) is 4.79 Å². The van der Waals surface area contributed by atoms with Crippen LogP contribution in [0.25, 0.3) is 0 Å². The number of rotatable bonds is 7. The van der Waals surface area contributed by atoms with E-state index in [0.717, 1.165) is 0 Å². The Hall–Kier alpha value is -2.94. The largest absolute Gasteiger partial charge is 0.484 e. The van der Waals surface area contributed by atoms with Crippen LogP contribution in [-0.2, 0) is 9.59 Å². The Morgan fingerprint density at radius 2 is 2.11 bits per heavy atom. The van der Waals surface area contributed by atoms with Crippen LogP contribution >= 0.6 is 11.8 Å². The van der Waals surface area contributed by atoms with E-state index in [1.54, 1.807) is 36.4 Å². The van der Waals surface area contributed by atoms with Crippen LogP contribution in [0.2, 0.25) is 0 Å². The molecule has 2 amide bonds. The van der Waals surface area contributed by atoms with Crippen molar-refractivity contribution in [3.8, 4) is 5.75 Å². The zero-order valence-electron chi connectivity index (χ0n) is 14.3. The van der Waals surface area contributed by atoms with Gasteiger partial charge >= 0.3 is 5.97 Å². The van der Waals surface area contributed by atoms with Crippen LogP contribution in [0.1, 0.15) is 17.0 Å². The predicted molar refractivity (Wildman–Crippen MR) is 99.0 cm³/mol. The highest BCUT2D eigenvalue weighted by Crippen LogP contribution is 2.28. The number of hydrogen-bond acceptors (Lipinski definition) is 6. The molecule has 1 aromatic carbocycles. The summed E-state index contributed by atoms with van der Waals surface area (Å²) in [5, 5.41) is 14.6. The standard InChI is InChI=1S/C18H18N2O6S/c21-15(20-18(17(23)24)6-8-27-11-18)10-26-13-4-1-3-12(9-13)19-16(22)14-5-2-7-25-14/h1-5,7,9H,6,8,10-11H2,(H,19,22)(H,20,21)(H,23,24).